The molecule has 3 aliphatic rings. The SMILES string of the molecule is C#CCN1C(=O)[C@@]2(C(C#N)=C(N)N(c3ccccc3)C3=C2C(=O)CC(C)(C)C3)c2ccccc21. The van der Waals surface area contributed by atoms with Gasteiger partial charge in [-0.1, -0.05) is 56.2 Å². The summed E-state index contributed by atoms with van der Waals surface area (Å²) in [7, 11) is 0. The molecular weight excluding hydrogens is 424 g/mol. The van der Waals surface area contributed by atoms with Crippen LogP contribution in [0, 0.1) is 29.1 Å². The van der Waals surface area contributed by atoms with Gasteiger partial charge >= 0.3 is 0 Å². The Labute approximate surface area is 199 Å². The van der Waals surface area contributed by atoms with Gasteiger partial charge in [0.25, 0.3) is 0 Å². The quantitative estimate of drug-likeness (QED) is 0.707. The smallest absolute Gasteiger partial charge is 0.248 e. The number of nitrogens with zero attached hydrogens (tertiary/aromatic N) is 3. The number of carbonyl (C=O) groups excluding carboxylic acids is 2. The lowest BCUT2D eigenvalue weighted by Crippen LogP contribution is -2.53. The lowest BCUT2D eigenvalue weighted by Gasteiger charge is -2.47. The van der Waals surface area contributed by atoms with Crippen molar-refractivity contribution < 1.29 is 9.59 Å². The van der Waals surface area contributed by atoms with Crippen molar-refractivity contribution >= 4 is 23.1 Å². The third-order valence-corrected chi connectivity index (χ3v) is 6.91. The molecule has 0 aromatic heterocycles. The molecule has 0 saturated heterocycles. The molecule has 6 heteroatoms. The van der Waals surface area contributed by atoms with Gasteiger partial charge in [-0.15, -0.1) is 6.42 Å². The predicted octanol–water partition coefficient (Wildman–Crippen LogP) is 3.76. The maximum Gasteiger partial charge on any atom is 0.248 e. The Bertz CT molecular complexity index is 1390. The summed E-state index contributed by atoms with van der Waals surface area (Å²) >= 11 is 0. The molecule has 2 heterocycles. The molecule has 0 bridgehead atoms. The Morgan fingerprint density at radius 1 is 1.06 bits per heavy atom. The van der Waals surface area contributed by atoms with Crippen LogP contribution in [-0.4, -0.2) is 18.2 Å². The van der Waals surface area contributed by atoms with Crippen molar-refractivity contribution in [3.63, 3.8) is 0 Å². The zero-order valence-electron chi connectivity index (χ0n) is 19.1. The van der Waals surface area contributed by atoms with E-state index in [0.29, 0.717) is 28.9 Å². The summed E-state index contributed by atoms with van der Waals surface area (Å²) < 4.78 is 0. The number of allylic oxidation sites excluding steroid dienone is 1. The van der Waals surface area contributed by atoms with Gasteiger partial charge in [0.2, 0.25) is 5.91 Å². The Morgan fingerprint density at radius 2 is 1.74 bits per heavy atom. The van der Waals surface area contributed by atoms with Crippen LogP contribution in [0.4, 0.5) is 11.4 Å². The zero-order valence-corrected chi connectivity index (χ0v) is 19.1. The summed E-state index contributed by atoms with van der Waals surface area (Å²) in [5.41, 5.74) is 7.73. The van der Waals surface area contributed by atoms with Crippen LogP contribution in [0.3, 0.4) is 0 Å². The van der Waals surface area contributed by atoms with Gasteiger partial charge in [-0.3, -0.25) is 19.4 Å². The molecule has 0 radical (unpaired) electrons. The summed E-state index contributed by atoms with van der Waals surface area (Å²) in [6.45, 7) is 4.08. The highest BCUT2D eigenvalue weighted by atomic mass is 16.2. The number of anilines is 2. The maximum absolute atomic E-state index is 14.2. The minimum Gasteiger partial charge on any atom is -0.384 e. The second kappa shape index (κ2) is 7.37. The van der Waals surface area contributed by atoms with Crippen molar-refractivity contribution in [1.82, 2.24) is 0 Å². The summed E-state index contributed by atoms with van der Waals surface area (Å²) in [5.74, 6) is 2.14. The number of fused-ring (bicyclic) bond motifs is 3. The first-order chi connectivity index (χ1) is 16.3. The fraction of sp³-hybridized carbons (Fsp3) is 0.250. The van der Waals surface area contributed by atoms with Gasteiger partial charge in [-0.2, -0.15) is 5.26 Å². The monoisotopic (exact) mass is 448 g/mol. The van der Waals surface area contributed by atoms with Crippen molar-refractivity contribution in [2.45, 2.75) is 32.1 Å². The van der Waals surface area contributed by atoms with E-state index in [-0.39, 0.29) is 35.6 Å². The molecule has 168 valence electrons. The van der Waals surface area contributed by atoms with Crippen LogP contribution < -0.4 is 15.5 Å². The number of terminal acetylenes is 1. The minimum atomic E-state index is -1.61. The first-order valence-corrected chi connectivity index (χ1v) is 11.1. The topological polar surface area (TPSA) is 90.4 Å². The van der Waals surface area contributed by atoms with Crippen molar-refractivity contribution in [3.8, 4) is 18.4 Å². The van der Waals surface area contributed by atoms with E-state index in [1.165, 1.54) is 4.90 Å². The largest absolute Gasteiger partial charge is 0.384 e. The highest BCUT2D eigenvalue weighted by Gasteiger charge is 2.63. The Kier molecular flexibility index (Phi) is 4.67. The molecule has 1 aliphatic carbocycles. The van der Waals surface area contributed by atoms with E-state index in [4.69, 9.17) is 12.2 Å². The van der Waals surface area contributed by atoms with Crippen molar-refractivity contribution in [3.05, 3.63) is 82.8 Å². The lowest BCUT2D eigenvalue weighted by atomic mass is 9.60. The van der Waals surface area contributed by atoms with Gasteiger partial charge in [0.15, 0.2) is 5.78 Å². The van der Waals surface area contributed by atoms with E-state index in [9.17, 15) is 14.9 Å². The Hall–Kier alpha value is -4.29. The van der Waals surface area contributed by atoms with Crippen LogP contribution >= 0.6 is 0 Å². The van der Waals surface area contributed by atoms with Gasteiger partial charge in [-0.05, 0) is 30.0 Å². The van der Waals surface area contributed by atoms with Crippen LogP contribution in [0.1, 0.15) is 32.3 Å². The number of Topliss-reactive ketones (excluding diaryl/α,β-unsaturated/α-hetero) is 1. The minimum absolute atomic E-state index is 0.0287. The second-order valence-corrected chi connectivity index (χ2v) is 9.67. The third kappa shape index (κ3) is 2.69. The van der Waals surface area contributed by atoms with Crippen LogP contribution in [0.5, 0.6) is 0 Å². The normalized spacial score (nSPS) is 23.1. The number of hydrogen-bond acceptors (Lipinski definition) is 5. The summed E-state index contributed by atoms with van der Waals surface area (Å²) in [5, 5.41) is 10.4. The summed E-state index contributed by atoms with van der Waals surface area (Å²) in [6.07, 6.45) is 6.39. The van der Waals surface area contributed by atoms with E-state index < -0.39 is 11.3 Å². The maximum atomic E-state index is 14.2. The second-order valence-electron chi connectivity index (χ2n) is 9.67. The number of benzene rings is 2. The molecular formula is C28H24N4O2. The molecule has 34 heavy (non-hydrogen) atoms. The number of carbonyl (C=O) groups is 2. The Balaban J connectivity index is 1.92. The molecule has 2 aromatic carbocycles. The van der Waals surface area contributed by atoms with Crippen molar-refractivity contribution in [1.29, 1.82) is 5.26 Å². The number of hydrogen-bond donors (Lipinski definition) is 1. The highest BCUT2D eigenvalue weighted by molar-refractivity contribution is 6.21. The van der Waals surface area contributed by atoms with Crippen molar-refractivity contribution in [2.24, 2.45) is 11.1 Å². The summed E-state index contributed by atoms with van der Waals surface area (Å²) in [6, 6.07) is 18.8. The van der Waals surface area contributed by atoms with E-state index >= 15 is 0 Å². The molecule has 1 spiro atoms. The average Bonchev–Trinajstić information content (AvgIpc) is 3.03. The van der Waals surface area contributed by atoms with Crippen LogP contribution in [-0.2, 0) is 15.0 Å². The Morgan fingerprint density at radius 3 is 2.41 bits per heavy atom. The van der Waals surface area contributed by atoms with E-state index in [1.54, 1.807) is 23.1 Å². The van der Waals surface area contributed by atoms with Gasteiger partial charge in [0.1, 0.15) is 17.3 Å². The number of rotatable bonds is 2. The number of nitriles is 1. The van der Waals surface area contributed by atoms with Gasteiger partial charge in [-0.25, -0.2) is 0 Å². The van der Waals surface area contributed by atoms with Gasteiger partial charge in [0.05, 0.1) is 12.1 Å². The molecule has 0 unspecified atom stereocenters. The van der Waals surface area contributed by atoms with Crippen LogP contribution in [0.25, 0.3) is 0 Å². The molecule has 6 nitrogen and oxygen atoms in total. The molecule has 2 N–H and O–H groups in total. The van der Waals surface area contributed by atoms with E-state index in [0.717, 1.165) is 5.69 Å². The average molecular weight is 449 g/mol. The fourth-order valence-electron chi connectivity index (χ4n) is 5.68. The molecule has 1 amide bonds. The molecule has 0 fully saturated rings. The van der Waals surface area contributed by atoms with Crippen LogP contribution in [0.2, 0.25) is 0 Å². The molecule has 2 aliphatic heterocycles. The lowest BCUT2D eigenvalue weighted by molar-refractivity contribution is -0.125. The van der Waals surface area contributed by atoms with Gasteiger partial charge in [0, 0.05) is 34.6 Å². The molecule has 0 saturated carbocycles. The van der Waals surface area contributed by atoms with Crippen LogP contribution in [0.15, 0.2) is 77.3 Å². The van der Waals surface area contributed by atoms with Crippen molar-refractivity contribution in [2.75, 3.05) is 16.3 Å². The van der Waals surface area contributed by atoms with E-state index in [1.807, 2.05) is 50.2 Å². The molecule has 5 rings (SSSR count). The first kappa shape index (κ1) is 21.6. The number of ketones is 1. The number of para-hydroxylation sites is 2. The predicted molar refractivity (Wildman–Crippen MR) is 130 cm³/mol. The number of amides is 1. The molecule has 1 atom stereocenters. The zero-order chi connectivity index (χ0) is 24.3. The summed E-state index contributed by atoms with van der Waals surface area (Å²) in [4.78, 5) is 31.4. The fourth-order valence-corrected chi connectivity index (χ4v) is 5.68. The first-order valence-electron chi connectivity index (χ1n) is 11.1. The van der Waals surface area contributed by atoms with Gasteiger partial charge < -0.3 is 5.73 Å². The standard InChI is InChI=1S/C28H24N4O2/c1-4-14-31-21-13-9-8-12-19(21)28(26(31)34)20(17-29)25(30)32(18-10-6-5-7-11-18)22-15-27(2,3)16-23(33)24(22)28/h1,5-13H,14-16,30H2,2-3H3/t28-/m1/s1. The highest BCUT2D eigenvalue weighted by Crippen LogP contribution is 2.58. The third-order valence-electron chi connectivity index (χ3n) is 6.91. The van der Waals surface area contributed by atoms with E-state index in [2.05, 4.69) is 12.0 Å². The number of nitrogens with two attached hydrogens (primary N) is 1. The molecule has 2 aromatic rings.